The van der Waals surface area contributed by atoms with Gasteiger partial charge in [0.2, 0.25) is 10.0 Å². The number of aliphatic imine (C=N–C) groups is 1. The molecule has 2 rings (SSSR count). The highest BCUT2D eigenvalue weighted by atomic mass is 32.2. The quantitative estimate of drug-likeness (QED) is 0.322. The van der Waals surface area contributed by atoms with Crippen molar-refractivity contribution in [3.05, 3.63) is 59.2 Å². The number of hydrogen-bond donors (Lipinski definition) is 3. The zero-order valence-corrected chi connectivity index (χ0v) is 17.8. The van der Waals surface area contributed by atoms with Gasteiger partial charge in [-0.05, 0) is 36.2 Å². The van der Waals surface area contributed by atoms with Crippen LogP contribution in [0.15, 0.2) is 52.4 Å². The third kappa shape index (κ3) is 7.37. The molecule has 0 fully saturated rings. The zero-order valence-electron chi connectivity index (χ0n) is 16.9. The Morgan fingerprint density at radius 3 is 2.38 bits per heavy atom. The number of aryl methyl sites for hydroxylation is 1. The molecule has 0 aliphatic carbocycles. The van der Waals surface area contributed by atoms with Crippen molar-refractivity contribution >= 4 is 16.0 Å². The van der Waals surface area contributed by atoms with E-state index in [0.717, 1.165) is 22.4 Å². The van der Waals surface area contributed by atoms with Crippen molar-refractivity contribution in [2.24, 2.45) is 10.1 Å². The predicted molar refractivity (Wildman–Crippen MR) is 113 cm³/mol. The van der Waals surface area contributed by atoms with E-state index < -0.39 is 10.0 Å². The van der Waals surface area contributed by atoms with Gasteiger partial charge < -0.3 is 20.1 Å². The van der Waals surface area contributed by atoms with E-state index in [-0.39, 0.29) is 4.90 Å². The van der Waals surface area contributed by atoms with Gasteiger partial charge in [-0.15, -0.1) is 0 Å². The predicted octanol–water partition coefficient (Wildman–Crippen LogP) is 1.53. The summed E-state index contributed by atoms with van der Waals surface area (Å²) in [5.74, 6) is 1.42. The molecule has 0 amide bonds. The number of primary sulfonamides is 1. The Labute approximate surface area is 172 Å². The number of nitrogens with one attached hydrogen (secondary N) is 2. The monoisotopic (exact) mass is 420 g/mol. The first-order valence-corrected chi connectivity index (χ1v) is 10.7. The van der Waals surface area contributed by atoms with Gasteiger partial charge in [-0.1, -0.05) is 24.3 Å². The van der Waals surface area contributed by atoms with Crippen molar-refractivity contribution in [3.63, 3.8) is 0 Å². The lowest BCUT2D eigenvalue weighted by Crippen LogP contribution is -2.36. The van der Waals surface area contributed by atoms with E-state index in [1.165, 1.54) is 12.1 Å². The van der Waals surface area contributed by atoms with Crippen molar-refractivity contribution in [2.75, 3.05) is 27.4 Å². The second kappa shape index (κ2) is 10.8. The highest BCUT2D eigenvalue weighted by Crippen LogP contribution is 2.20. The van der Waals surface area contributed by atoms with Crippen molar-refractivity contribution in [2.45, 2.75) is 24.9 Å². The Kier molecular flexibility index (Phi) is 8.44. The first kappa shape index (κ1) is 22.7. The summed E-state index contributed by atoms with van der Waals surface area (Å²) in [4.78, 5) is 4.30. The lowest BCUT2D eigenvalue weighted by Gasteiger charge is -2.15. The fraction of sp³-hybridized carbons (Fsp3) is 0.350. The summed E-state index contributed by atoms with van der Waals surface area (Å²) in [6, 6.07) is 12.4. The minimum atomic E-state index is -3.69. The smallest absolute Gasteiger partial charge is 0.238 e. The molecular formula is C20H28N4O4S. The van der Waals surface area contributed by atoms with Crippen LogP contribution in [0.25, 0.3) is 0 Å². The van der Waals surface area contributed by atoms with E-state index in [0.29, 0.717) is 32.3 Å². The summed E-state index contributed by atoms with van der Waals surface area (Å²) in [7, 11) is -0.363. The van der Waals surface area contributed by atoms with Crippen molar-refractivity contribution in [1.82, 2.24) is 10.6 Å². The highest BCUT2D eigenvalue weighted by Gasteiger charge is 2.08. The molecule has 158 valence electrons. The van der Waals surface area contributed by atoms with Gasteiger partial charge in [-0.2, -0.15) is 0 Å². The van der Waals surface area contributed by atoms with E-state index in [2.05, 4.69) is 15.6 Å². The molecule has 9 heteroatoms. The third-order valence-electron chi connectivity index (χ3n) is 4.15. The van der Waals surface area contributed by atoms with Crippen LogP contribution < -0.4 is 20.5 Å². The Hall–Kier alpha value is -2.62. The van der Waals surface area contributed by atoms with E-state index >= 15 is 0 Å². The zero-order chi connectivity index (χ0) is 21.3. The van der Waals surface area contributed by atoms with Crippen LogP contribution in [0.2, 0.25) is 0 Å². The lowest BCUT2D eigenvalue weighted by molar-refractivity contribution is 0.145. The van der Waals surface area contributed by atoms with Gasteiger partial charge in [0.15, 0.2) is 5.96 Å². The van der Waals surface area contributed by atoms with Gasteiger partial charge in [0.1, 0.15) is 12.4 Å². The van der Waals surface area contributed by atoms with Crippen LogP contribution in [0.4, 0.5) is 0 Å². The normalized spacial score (nSPS) is 11.9. The summed E-state index contributed by atoms with van der Waals surface area (Å²) in [6.45, 7) is 4.03. The highest BCUT2D eigenvalue weighted by molar-refractivity contribution is 7.89. The molecule has 0 unspecified atom stereocenters. The number of benzene rings is 2. The average molecular weight is 421 g/mol. The summed E-state index contributed by atoms with van der Waals surface area (Å²) >= 11 is 0. The number of guanidine groups is 1. The molecule has 0 spiro atoms. The van der Waals surface area contributed by atoms with Crippen LogP contribution in [0.3, 0.4) is 0 Å². The molecule has 2 aromatic carbocycles. The lowest BCUT2D eigenvalue weighted by atomic mass is 10.1. The fourth-order valence-electron chi connectivity index (χ4n) is 2.56. The molecule has 8 nitrogen and oxygen atoms in total. The molecule has 0 saturated carbocycles. The Morgan fingerprint density at radius 2 is 1.76 bits per heavy atom. The van der Waals surface area contributed by atoms with E-state index in [4.69, 9.17) is 14.6 Å². The Bertz CT molecular complexity index is 928. The molecule has 0 aliphatic heterocycles. The first-order chi connectivity index (χ1) is 13.8. The Balaban J connectivity index is 1.94. The molecule has 0 saturated heterocycles. The number of hydrogen-bond acceptors (Lipinski definition) is 5. The maximum absolute atomic E-state index is 11.3. The minimum Gasteiger partial charge on any atom is -0.491 e. The Morgan fingerprint density at radius 1 is 1.07 bits per heavy atom. The molecule has 0 radical (unpaired) electrons. The van der Waals surface area contributed by atoms with Gasteiger partial charge in [0, 0.05) is 32.8 Å². The van der Waals surface area contributed by atoms with Crippen LogP contribution in [0, 0.1) is 6.92 Å². The molecule has 2 aromatic rings. The minimum absolute atomic E-state index is 0.0872. The molecule has 0 aliphatic rings. The van der Waals surface area contributed by atoms with Crippen molar-refractivity contribution in [3.8, 4) is 5.75 Å². The topological polar surface area (TPSA) is 115 Å². The van der Waals surface area contributed by atoms with Gasteiger partial charge in [-0.3, -0.25) is 4.99 Å². The van der Waals surface area contributed by atoms with E-state index in [1.807, 2.05) is 25.1 Å². The SMILES string of the molecule is CN=C(NCc1ccc(S(N)(=O)=O)cc1)NCc1ccc(C)cc1OCCOC. The van der Waals surface area contributed by atoms with E-state index in [9.17, 15) is 8.42 Å². The molecule has 0 atom stereocenters. The number of nitrogens with two attached hydrogens (primary N) is 1. The fourth-order valence-corrected chi connectivity index (χ4v) is 3.07. The second-order valence-corrected chi connectivity index (χ2v) is 7.98. The molecule has 0 bridgehead atoms. The number of sulfonamides is 1. The number of ether oxygens (including phenoxy) is 2. The largest absolute Gasteiger partial charge is 0.491 e. The van der Waals surface area contributed by atoms with Gasteiger partial charge >= 0.3 is 0 Å². The maximum Gasteiger partial charge on any atom is 0.238 e. The first-order valence-electron chi connectivity index (χ1n) is 9.11. The average Bonchev–Trinajstić information content (AvgIpc) is 2.69. The standard InChI is InChI=1S/C20H28N4O4S/c1-15-4-7-17(19(12-15)28-11-10-27-3)14-24-20(22-2)23-13-16-5-8-18(9-6-16)29(21,25)26/h4-9,12H,10-11,13-14H2,1-3H3,(H2,21,25,26)(H2,22,23,24). The van der Waals surface area contributed by atoms with E-state index in [1.54, 1.807) is 26.3 Å². The molecule has 4 N–H and O–H groups in total. The molecule has 0 heterocycles. The second-order valence-electron chi connectivity index (χ2n) is 6.42. The molecule has 0 aromatic heterocycles. The molecular weight excluding hydrogens is 392 g/mol. The summed E-state index contributed by atoms with van der Waals surface area (Å²) in [5, 5.41) is 11.6. The van der Waals surface area contributed by atoms with Gasteiger partial charge in [-0.25, -0.2) is 13.6 Å². The van der Waals surface area contributed by atoms with Crippen LogP contribution >= 0.6 is 0 Å². The van der Waals surface area contributed by atoms with Crippen LogP contribution in [0.5, 0.6) is 5.75 Å². The maximum atomic E-state index is 11.3. The van der Waals surface area contributed by atoms with Gasteiger partial charge in [0.05, 0.1) is 11.5 Å². The number of methoxy groups -OCH3 is 1. The molecule has 29 heavy (non-hydrogen) atoms. The van der Waals surface area contributed by atoms with Crippen LogP contribution in [-0.4, -0.2) is 41.7 Å². The van der Waals surface area contributed by atoms with Crippen molar-refractivity contribution < 1.29 is 17.9 Å². The summed E-state index contributed by atoms with van der Waals surface area (Å²) in [5.41, 5.74) is 3.03. The van der Waals surface area contributed by atoms with Crippen LogP contribution in [-0.2, 0) is 27.8 Å². The number of nitrogens with zero attached hydrogens (tertiary/aromatic N) is 1. The van der Waals surface area contributed by atoms with Crippen LogP contribution in [0.1, 0.15) is 16.7 Å². The number of rotatable bonds is 9. The van der Waals surface area contributed by atoms with Gasteiger partial charge in [0.25, 0.3) is 0 Å². The summed E-state index contributed by atoms with van der Waals surface area (Å²) in [6.07, 6.45) is 0. The van der Waals surface area contributed by atoms with Crippen molar-refractivity contribution in [1.29, 1.82) is 0 Å². The third-order valence-corrected chi connectivity index (χ3v) is 5.08. The summed E-state index contributed by atoms with van der Waals surface area (Å²) < 4.78 is 33.5.